The van der Waals surface area contributed by atoms with E-state index in [1.54, 1.807) is 6.92 Å². The Morgan fingerprint density at radius 3 is 2.50 bits per heavy atom. The van der Waals surface area contributed by atoms with Crippen molar-refractivity contribution in [3.63, 3.8) is 0 Å². The molecule has 0 heterocycles. The molecule has 0 unspecified atom stereocenters. The predicted octanol–water partition coefficient (Wildman–Crippen LogP) is 1.60. The molecule has 0 aromatic heterocycles. The summed E-state index contributed by atoms with van der Waals surface area (Å²) in [5.41, 5.74) is 5.98. The maximum atomic E-state index is 11.2. The topological polar surface area (TPSA) is 52.3 Å². The lowest BCUT2D eigenvalue weighted by Gasteiger charge is -2.44. The van der Waals surface area contributed by atoms with Gasteiger partial charge in [0.1, 0.15) is 12.1 Å². The van der Waals surface area contributed by atoms with E-state index in [4.69, 9.17) is 10.5 Å². The molecule has 2 rings (SSSR count). The maximum absolute atomic E-state index is 11.2. The molecule has 3 heteroatoms. The van der Waals surface area contributed by atoms with Crippen LogP contribution in [0.1, 0.15) is 45.4 Å². The van der Waals surface area contributed by atoms with Crippen LogP contribution in [0.5, 0.6) is 0 Å². The van der Waals surface area contributed by atoms with Gasteiger partial charge in [-0.25, -0.2) is 0 Å². The van der Waals surface area contributed by atoms with Crippen molar-refractivity contribution in [2.45, 2.75) is 57.6 Å². The van der Waals surface area contributed by atoms with Gasteiger partial charge in [0.25, 0.3) is 0 Å². The van der Waals surface area contributed by atoms with Crippen molar-refractivity contribution in [3.8, 4) is 0 Å². The van der Waals surface area contributed by atoms with Crippen molar-refractivity contribution in [1.82, 2.24) is 0 Å². The molecule has 0 amide bonds. The van der Waals surface area contributed by atoms with Crippen LogP contribution in [0.3, 0.4) is 0 Å². The Morgan fingerprint density at radius 1 is 1.43 bits per heavy atom. The molecular formula is C11H19NO2. The standard InChI is InChI=1S/C11H19NO2/c1-8(12)10(13)14-9-6-11(7-9)4-2-3-5-11/h8-9H,2-7,12H2,1H3/t8-/m0/s1. The fourth-order valence-corrected chi connectivity index (χ4v) is 2.79. The molecule has 2 fully saturated rings. The third-order valence-electron chi connectivity index (χ3n) is 3.64. The molecule has 1 spiro atoms. The van der Waals surface area contributed by atoms with Gasteiger partial charge in [0.05, 0.1) is 0 Å². The predicted molar refractivity (Wildman–Crippen MR) is 53.7 cm³/mol. The first kappa shape index (κ1) is 9.97. The first-order chi connectivity index (χ1) is 6.61. The summed E-state index contributed by atoms with van der Waals surface area (Å²) in [6.07, 6.45) is 7.68. The van der Waals surface area contributed by atoms with E-state index in [9.17, 15) is 4.79 Å². The van der Waals surface area contributed by atoms with Crippen molar-refractivity contribution in [3.05, 3.63) is 0 Å². The minimum atomic E-state index is -0.477. The van der Waals surface area contributed by atoms with Crippen molar-refractivity contribution in [1.29, 1.82) is 0 Å². The number of rotatable bonds is 2. The first-order valence-electron chi connectivity index (χ1n) is 5.57. The molecule has 1 atom stereocenters. The molecular weight excluding hydrogens is 178 g/mol. The Balaban J connectivity index is 1.75. The third-order valence-corrected chi connectivity index (χ3v) is 3.64. The summed E-state index contributed by atoms with van der Waals surface area (Å²) in [5.74, 6) is -0.247. The van der Waals surface area contributed by atoms with Crippen LogP contribution in [0, 0.1) is 5.41 Å². The van der Waals surface area contributed by atoms with Crippen LogP contribution in [0.2, 0.25) is 0 Å². The Labute approximate surface area is 85.0 Å². The molecule has 2 aliphatic rings. The highest BCUT2D eigenvalue weighted by molar-refractivity contribution is 5.75. The summed E-state index contributed by atoms with van der Waals surface area (Å²) < 4.78 is 5.27. The molecule has 0 radical (unpaired) electrons. The molecule has 0 saturated heterocycles. The fourth-order valence-electron chi connectivity index (χ4n) is 2.79. The Bertz CT molecular complexity index is 223. The quantitative estimate of drug-likeness (QED) is 0.684. The molecule has 14 heavy (non-hydrogen) atoms. The fraction of sp³-hybridized carbons (Fsp3) is 0.909. The van der Waals surface area contributed by atoms with E-state index in [1.807, 2.05) is 0 Å². The highest BCUT2D eigenvalue weighted by Gasteiger charge is 2.47. The number of nitrogens with two attached hydrogens (primary N) is 1. The second kappa shape index (κ2) is 3.54. The molecule has 2 saturated carbocycles. The van der Waals surface area contributed by atoms with Gasteiger partial charge in [-0.3, -0.25) is 4.79 Å². The average molecular weight is 197 g/mol. The number of hydrogen-bond acceptors (Lipinski definition) is 3. The lowest BCUT2D eigenvalue weighted by Crippen LogP contribution is -2.44. The molecule has 0 aromatic rings. The van der Waals surface area contributed by atoms with Crippen LogP contribution in [-0.2, 0) is 9.53 Å². The van der Waals surface area contributed by atoms with Gasteiger partial charge in [-0.2, -0.15) is 0 Å². The van der Waals surface area contributed by atoms with E-state index in [0.717, 1.165) is 12.8 Å². The molecule has 2 aliphatic carbocycles. The lowest BCUT2D eigenvalue weighted by molar-refractivity contribution is -0.162. The van der Waals surface area contributed by atoms with Crippen LogP contribution in [0.15, 0.2) is 0 Å². The van der Waals surface area contributed by atoms with Crippen LogP contribution in [0.4, 0.5) is 0 Å². The Morgan fingerprint density at radius 2 is 2.00 bits per heavy atom. The largest absolute Gasteiger partial charge is 0.461 e. The van der Waals surface area contributed by atoms with E-state index in [2.05, 4.69) is 0 Å². The lowest BCUT2D eigenvalue weighted by atomic mass is 9.65. The van der Waals surface area contributed by atoms with Crippen LogP contribution in [0.25, 0.3) is 0 Å². The molecule has 0 aromatic carbocycles. The SMILES string of the molecule is C[C@H](N)C(=O)OC1CC2(CCCC2)C1. The molecule has 0 bridgehead atoms. The summed E-state index contributed by atoms with van der Waals surface area (Å²) in [4.78, 5) is 11.2. The van der Waals surface area contributed by atoms with Gasteiger partial charge in [0.15, 0.2) is 0 Å². The third kappa shape index (κ3) is 1.78. The minimum absolute atomic E-state index is 0.159. The van der Waals surface area contributed by atoms with Gasteiger partial charge in [-0.05, 0) is 38.0 Å². The van der Waals surface area contributed by atoms with Gasteiger partial charge in [-0.15, -0.1) is 0 Å². The van der Waals surface area contributed by atoms with Crippen molar-refractivity contribution >= 4 is 5.97 Å². The van der Waals surface area contributed by atoms with Gasteiger partial charge in [0, 0.05) is 0 Å². The van der Waals surface area contributed by atoms with E-state index >= 15 is 0 Å². The molecule has 0 aliphatic heterocycles. The number of carbonyl (C=O) groups is 1. The zero-order valence-corrected chi connectivity index (χ0v) is 8.79. The summed E-state index contributed by atoms with van der Waals surface area (Å²) in [6.45, 7) is 1.67. The maximum Gasteiger partial charge on any atom is 0.322 e. The van der Waals surface area contributed by atoms with E-state index in [0.29, 0.717) is 5.41 Å². The molecule has 80 valence electrons. The molecule has 2 N–H and O–H groups in total. The van der Waals surface area contributed by atoms with Crippen LogP contribution < -0.4 is 5.73 Å². The smallest absolute Gasteiger partial charge is 0.322 e. The monoisotopic (exact) mass is 197 g/mol. The number of ether oxygens (including phenoxy) is 1. The van der Waals surface area contributed by atoms with Gasteiger partial charge >= 0.3 is 5.97 Å². The first-order valence-corrected chi connectivity index (χ1v) is 5.57. The van der Waals surface area contributed by atoms with Gasteiger partial charge in [0.2, 0.25) is 0 Å². The number of carbonyl (C=O) groups excluding carboxylic acids is 1. The van der Waals surface area contributed by atoms with Crippen LogP contribution in [-0.4, -0.2) is 18.1 Å². The van der Waals surface area contributed by atoms with Crippen molar-refractivity contribution < 1.29 is 9.53 Å². The zero-order chi connectivity index (χ0) is 10.2. The van der Waals surface area contributed by atoms with Crippen molar-refractivity contribution in [2.24, 2.45) is 11.1 Å². The van der Waals surface area contributed by atoms with E-state index in [-0.39, 0.29) is 12.1 Å². The second-order valence-corrected chi connectivity index (χ2v) is 4.96. The minimum Gasteiger partial charge on any atom is -0.461 e. The summed E-state index contributed by atoms with van der Waals surface area (Å²) in [5, 5.41) is 0. The normalized spacial score (nSPS) is 27.3. The highest BCUT2D eigenvalue weighted by Crippen LogP contribution is 2.54. The number of hydrogen-bond donors (Lipinski definition) is 1. The van der Waals surface area contributed by atoms with Gasteiger partial charge in [-0.1, -0.05) is 12.8 Å². The highest BCUT2D eigenvalue weighted by atomic mass is 16.5. The summed E-state index contributed by atoms with van der Waals surface area (Å²) in [7, 11) is 0. The zero-order valence-electron chi connectivity index (χ0n) is 8.79. The van der Waals surface area contributed by atoms with Crippen molar-refractivity contribution in [2.75, 3.05) is 0 Å². The number of esters is 1. The molecule has 3 nitrogen and oxygen atoms in total. The van der Waals surface area contributed by atoms with E-state index in [1.165, 1.54) is 25.7 Å². The van der Waals surface area contributed by atoms with Crippen LogP contribution >= 0.6 is 0 Å². The van der Waals surface area contributed by atoms with Gasteiger partial charge < -0.3 is 10.5 Å². The second-order valence-electron chi connectivity index (χ2n) is 4.96. The Kier molecular flexibility index (Phi) is 2.52. The summed E-state index contributed by atoms with van der Waals surface area (Å²) in [6, 6.07) is -0.477. The summed E-state index contributed by atoms with van der Waals surface area (Å²) >= 11 is 0. The average Bonchev–Trinajstić information content (AvgIpc) is 2.51. The Hall–Kier alpha value is -0.570. The van der Waals surface area contributed by atoms with E-state index < -0.39 is 6.04 Å².